The molecule has 2 rings (SSSR count). The molecule has 0 bridgehead atoms. The number of halogens is 1. The lowest BCUT2D eigenvalue weighted by Gasteiger charge is -2.03. The Kier molecular flexibility index (Phi) is 6.37. The van der Waals surface area contributed by atoms with Crippen LogP contribution in [-0.4, -0.2) is 11.3 Å². The Morgan fingerprint density at radius 2 is 1.53 bits per heavy atom. The Balaban J connectivity index is 0.000000550. The summed E-state index contributed by atoms with van der Waals surface area (Å²) in [6, 6.07) is 15.7. The van der Waals surface area contributed by atoms with E-state index in [0.717, 1.165) is 18.4 Å². The van der Waals surface area contributed by atoms with Crippen LogP contribution in [-0.2, 0) is 22.4 Å². The van der Waals surface area contributed by atoms with Gasteiger partial charge in [-0.05, 0) is 36.1 Å². The zero-order valence-corrected chi connectivity index (χ0v) is 10.9. The number of benzene rings is 2. The van der Waals surface area contributed by atoms with Crippen molar-refractivity contribution in [3.63, 3.8) is 0 Å². The summed E-state index contributed by atoms with van der Waals surface area (Å²) in [6.07, 6.45) is 2.17. The van der Waals surface area contributed by atoms with Gasteiger partial charge >= 0.3 is 6.15 Å². The highest BCUT2D eigenvalue weighted by molar-refractivity contribution is 6.32. The van der Waals surface area contributed by atoms with E-state index in [0.29, 0.717) is 5.02 Å². The highest BCUT2D eigenvalue weighted by Crippen LogP contribution is 2.24. The van der Waals surface area contributed by atoms with Crippen molar-refractivity contribution in [2.24, 2.45) is 0 Å². The van der Waals surface area contributed by atoms with Gasteiger partial charge in [-0.2, -0.15) is 9.59 Å². The van der Waals surface area contributed by atoms with Crippen molar-refractivity contribution in [2.75, 3.05) is 0 Å². The van der Waals surface area contributed by atoms with Crippen LogP contribution < -0.4 is 0 Å². The lowest BCUT2D eigenvalue weighted by atomic mass is 10.0. The van der Waals surface area contributed by atoms with Crippen LogP contribution in [0.15, 0.2) is 48.5 Å². The van der Waals surface area contributed by atoms with Crippen molar-refractivity contribution in [1.82, 2.24) is 0 Å². The molecule has 0 heterocycles. The monoisotopic (exact) mass is 276 g/mol. The molecule has 0 aliphatic heterocycles. The normalized spacial score (nSPS) is 9.11. The zero-order valence-electron chi connectivity index (χ0n) is 10.2. The molecule has 0 aliphatic carbocycles. The molecule has 19 heavy (non-hydrogen) atoms. The number of hydrogen-bond donors (Lipinski definition) is 1. The molecular weight excluding hydrogens is 264 g/mol. The number of aryl methyl sites for hydroxylation is 2. The first kappa shape index (κ1) is 15.0. The summed E-state index contributed by atoms with van der Waals surface area (Å²) in [6.45, 7) is 0. The molecule has 1 N–H and O–H groups in total. The van der Waals surface area contributed by atoms with Crippen LogP contribution in [0.5, 0.6) is 5.75 Å². The van der Waals surface area contributed by atoms with E-state index in [2.05, 4.69) is 12.1 Å². The second kappa shape index (κ2) is 8.09. The SMILES string of the molecule is O=C=O.Oc1ccc(CCc2ccccc2)cc1Cl. The van der Waals surface area contributed by atoms with Crippen molar-refractivity contribution < 1.29 is 14.7 Å². The summed E-state index contributed by atoms with van der Waals surface area (Å²) in [4.78, 5) is 16.2. The molecule has 98 valence electrons. The Hall–Kier alpha value is -2.09. The van der Waals surface area contributed by atoms with Gasteiger partial charge in [0, 0.05) is 0 Å². The van der Waals surface area contributed by atoms with Crippen molar-refractivity contribution in [3.05, 3.63) is 64.7 Å². The van der Waals surface area contributed by atoms with E-state index in [-0.39, 0.29) is 11.9 Å². The molecule has 4 heteroatoms. The van der Waals surface area contributed by atoms with Crippen molar-refractivity contribution in [3.8, 4) is 5.75 Å². The summed E-state index contributed by atoms with van der Waals surface area (Å²) in [7, 11) is 0. The van der Waals surface area contributed by atoms with E-state index in [9.17, 15) is 5.11 Å². The Bertz CT molecular complexity index is 547. The topological polar surface area (TPSA) is 54.4 Å². The minimum atomic E-state index is 0.144. The lowest BCUT2D eigenvalue weighted by molar-refractivity contribution is -0.191. The maximum absolute atomic E-state index is 9.30. The zero-order chi connectivity index (χ0) is 14.1. The first-order valence-electron chi connectivity index (χ1n) is 5.68. The third kappa shape index (κ3) is 5.38. The second-order valence-corrected chi connectivity index (χ2v) is 4.26. The molecule has 0 saturated carbocycles. The van der Waals surface area contributed by atoms with E-state index in [1.54, 1.807) is 6.07 Å². The van der Waals surface area contributed by atoms with E-state index in [4.69, 9.17) is 21.2 Å². The van der Waals surface area contributed by atoms with Crippen LogP contribution in [0.2, 0.25) is 5.02 Å². The molecule has 3 nitrogen and oxygen atoms in total. The molecule has 0 aromatic heterocycles. The maximum atomic E-state index is 9.30. The van der Waals surface area contributed by atoms with Crippen molar-refractivity contribution in [2.45, 2.75) is 12.8 Å². The third-order valence-electron chi connectivity index (χ3n) is 2.56. The smallest absolute Gasteiger partial charge is 0.373 e. The van der Waals surface area contributed by atoms with Crippen LogP contribution in [0.1, 0.15) is 11.1 Å². The average molecular weight is 277 g/mol. The second-order valence-electron chi connectivity index (χ2n) is 3.85. The first-order valence-corrected chi connectivity index (χ1v) is 6.05. The van der Waals surface area contributed by atoms with Gasteiger partial charge < -0.3 is 5.11 Å². The van der Waals surface area contributed by atoms with Crippen LogP contribution in [0.25, 0.3) is 0 Å². The highest BCUT2D eigenvalue weighted by atomic mass is 35.5. The summed E-state index contributed by atoms with van der Waals surface area (Å²) in [5.74, 6) is 0.144. The van der Waals surface area contributed by atoms with Gasteiger partial charge in [-0.3, -0.25) is 0 Å². The number of hydrogen-bond acceptors (Lipinski definition) is 3. The minimum absolute atomic E-state index is 0.144. The molecule has 2 aromatic rings. The Morgan fingerprint density at radius 1 is 0.947 bits per heavy atom. The predicted molar refractivity (Wildman–Crippen MR) is 72.0 cm³/mol. The van der Waals surface area contributed by atoms with E-state index < -0.39 is 0 Å². The average Bonchev–Trinajstić information content (AvgIpc) is 2.42. The van der Waals surface area contributed by atoms with E-state index in [1.165, 1.54) is 5.56 Å². The molecular formula is C15H13ClO3. The van der Waals surface area contributed by atoms with Gasteiger partial charge in [-0.15, -0.1) is 0 Å². The Morgan fingerprint density at radius 3 is 2.11 bits per heavy atom. The summed E-state index contributed by atoms with van der Waals surface area (Å²) in [5.41, 5.74) is 2.46. The highest BCUT2D eigenvalue weighted by Gasteiger charge is 2.00. The summed E-state index contributed by atoms with van der Waals surface area (Å²) in [5, 5.41) is 9.72. The fourth-order valence-corrected chi connectivity index (χ4v) is 1.84. The van der Waals surface area contributed by atoms with E-state index in [1.807, 2.05) is 30.3 Å². The molecule has 0 unspecified atom stereocenters. The lowest BCUT2D eigenvalue weighted by Crippen LogP contribution is -1.90. The Labute approximate surface area is 116 Å². The fraction of sp³-hybridized carbons (Fsp3) is 0.133. The number of rotatable bonds is 3. The third-order valence-corrected chi connectivity index (χ3v) is 2.86. The van der Waals surface area contributed by atoms with Crippen LogP contribution in [0, 0.1) is 0 Å². The molecule has 0 radical (unpaired) electrons. The molecule has 0 aliphatic rings. The van der Waals surface area contributed by atoms with Crippen LogP contribution in [0.3, 0.4) is 0 Å². The van der Waals surface area contributed by atoms with Gasteiger partial charge in [0.05, 0.1) is 5.02 Å². The number of carbonyl (C=O) groups excluding carboxylic acids is 2. The van der Waals surface area contributed by atoms with Crippen molar-refractivity contribution >= 4 is 17.8 Å². The van der Waals surface area contributed by atoms with Gasteiger partial charge in [0.25, 0.3) is 0 Å². The van der Waals surface area contributed by atoms with Gasteiger partial charge in [-0.1, -0.05) is 48.0 Å². The minimum Gasteiger partial charge on any atom is -0.506 e. The van der Waals surface area contributed by atoms with Gasteiger partial charge in [0.1, 0.15) is 5.75 Å². The predicted octanol–water partition coefficient (Wildman–Crippen LogP) is 3.25. The van der Waals surface area contributed by atoms with Gasteiger partial charge in [-0.25, -0.2) is 0 Å². The summed E-state index contributed by atoms with van der Waals surface area (Å²) >= 11 is 5.85. The largest absolute Gasteiger partial charge is 0.506 e. The number of aromatic hydroxyl groups is 1. The van der Waals surface area contributed by atoms with Gasteiger partial charge in [0.15, 0.2) is 0 Å². The fourth-order valence-electron chi connectivity index (χ4n) is 1.64. The molecule has 0 fully saturated rings. The molecule has 0 atom stereocenters. The van der Waals surface area contributed by atoms with Crippen molar-refractivity contribution in [1.29, 1.82) is 0 Å². The van der Waals surface area contributed by atoms with Crippen LogP contribution in [0.4, 0.5) is 0 Å². The molecule has 0 amide bonds. The van der Waals surface area contributed by atoms with Gasteiger partial charge in [0.2, 0.25) is 0 Å². The first-order chi connectivity index (χ1) is 9.17. The molecule has 0 saturated heterocycles. The van der Waals surface area contributed by atoms with Crippen LogP contribution >= 0.6 is 11.6 Å². The van der Waals surface area contributed by atoms with E-state index >= 15 is 0 Å². The number of phenolic OH excluding ortho intramolecular Hbond substituents is 1. The molecule has 2 aromatic carbocycles. The summed E-state index contributed by atoms with van der Waals surface area (Å²) < 4.78 is 0. The molecule has 0 spiro atoms. The quantitative estimate of drug-likeness (QED) is 0.936. The standard InChI is InChI=1S/C14H13ClO.CO2/c15-13-10-12(8-9-14(13)16)7-6-11-4-2-1-3-5-11;2-1-3/h1-5,8-10,16H,6-7H2;. The number of phenols is 1. The maximum Gasteiger partial charge on any atom is 0.373 e.